The van der Waals surface area contributed by atoms with Crippen LogP contribution in [0.15, 0.2) is 35.5 Å². The average molecular weight is 344 g/mol. The summed E-state index contributed by atoms with van der Waals surface area (Å²) in [5.41, 5.74) is 2.60. The minimum Gasteiger partial charge on any atom is -0.369 e. The van der Waals surface area contributed by atoms with Crippen LogP contribution in [0.2, 0.25) is 0 Å². The molecule has 1 aliphatic rings. The third-order valence-corrected chi connectivity index (χ3v) is 5.16. The average Bonchev–Trinajstić information content (AvgIpc) is 3.21. The first kappa shape index (κ1) is 16.8. The highest BCUT2D eigenvalue weighted by Crippen LogP contribution is 2.20. The van der Waals surface area contributed by atoms with E-state index in [1.165, 1.54) is 16.1 Å². The van der Waals surface area contributed by atoms with E-state index in [0.717, 1.165) is 37.0 Å². The van der Waals surface area contributed by atoms with Crippen molar-refractivity contribution in [3.05, 3.63) is 45.9 Å². The van der Waals surface area contributed by atoms with Gasteiger partial charge in [-0.05, 0) is 32.4 Å². The maximum Gasteiger partial charge on any atom is 0.191 e. The molecule has 1 aromatic carbocycles. The molecule has 0 radical (unpaired) electrons. The first-order chi connectivity index (χ1) is 11.6. The van der Waals surface area contributed by atoms with Crippen LogP contribution < -0.4 is 15.5 Å². The van der Waals surface area contributed by atoms with E-state index in [4.69, 9.17) is 0 Å². The Kier molecular flexibility index (Phi) is 5.35. The van der Waals surface area contributed by atoms with Gasteiger partial charge < -0.3 is 15.5 Å². The van der Waals surface area contributed by atoms with E-state index in [2.05, 4.69) is 56.7 Å². The molecule has 24 heavy (non-hydrogen) atoms. The smallest absolute Gasteiger partial charge is 0.191 e. The molecule has 0 bridgehead atoms. The van der Waals surface area contributed by atoms with Gasteiger partial charge in [-0.25, -0.2) is 4.98 Å². The topological polar surface area (TPSA) is 52.6 Å². The second kappa shape index (κ2) is 7.66. The molecule has 2 heterocycles. The number of aliphatic imine (C=N–C) groups is 1. The lowest BCUT2D eigenvalue weighted by Crippen LogP contribution is -2.44. The first-order valence-corrected chi connectivity index (χ1v) is 9.16. The molecular formula is C18H25N5S. The predicted octanol–water partition coefficient (Wildman–Crippen LogP) is 2.70. The molecule has 6 heteroatoms. The highest BCUT2D eigenvalue weighted by atomic mass is 32.1. The molecule has 2 aromatic rings. The lowest BCUT2D eigenvalue weighted by molar-refractivity contribution is 0.649. The van der Waals surface area contributed by atoms with Crippen LogP contribution in [0.5, 0.6) is 0 Å². The molecule has 0 aliphatic carbocycles. The lowest BCUT2D eigenvalue weighted by atomic mass is 10.2. The van der Waals surface area contributed by atoms with Gasteiger partial charge in [-0.1, -0.05) is 17.7 Å². The summed E-state index contributed by atoms with van der Waals surface area (Å²) in [7, 11) is 1.82. The lowest BCUT2D eigenvalue weighted by Gasteiger charge is -2.20. The van der Waals surface area contributed by atoms with Gasteiger partial charge in [0.15, 0.2) is 5.96 Å². The van der Waals surface area contributed by atoms with Crippen LogP contribution >= 0.6 is 11.3 Å². The zero-order chi connectivity index (χ0) is 16.9. The van der Waals surface area contributed by atoms with Gasteiger partial charge in [0.25, 0.3) is 0 Å². The molecule has 1 fully saturated rings. The fraction of sp³-hybridized carbons (Fsp3) is 0.444. The quantitative estimate of drug-likeness (QED) is 0.662. The van der Waals surface area contributed by atoms with Crippen molar-refractivity contribution in [3.63, 3.8) is 0 Å². The van der Waals surface area contributed by atoms with E-state index in [-0.39, 0.29) is 0 Å². The molecule has 3 rings (SSSR count). The standard InChI is InChI=1S/C18H25N5S/c1-13-4-6-16(7-5-13)23-9-8-15(12-23)22-18(19-3)21-11-17-10-20-14(2)24-17/h4-7,10,15H,8-9,11-12H2,1-3H3,(H2,19,21,22). The van der Waals surface area contributed by atoms with Gasteiger partial charge >= 0.3 is 0 Å². The monoisotopic (exact) mass is 343 g/mol. The van der Waals surface area contributed by atoms with Gasteiger partial charge in [-0.2, -0.15) is 0 Å². The van der Waals surface area contributed by atoms with E-state index in [9.17, 15) is 0 Å². The molecule has 5 nitrogen and oxygen atoms in total. The van der Waals surface area contributed by atoms with E-state index in [0.29, 0.717) is 6.04 Å². The SMILES string of the molecule is CN=C(NCc1cnc(C)s1)NC1CCN(c2ccc(C)cc2)C1. The van der Waals surface area contributed by atoms with Gasteiger partial charge in [0.05, 0.1) is 11.6 Å². The number of guanidine groups is 1. The Morgan fingerprint density at radius 2 is 2.12 bits per heavy atom. The Morgan fingerprint density at radius 1 is 1.33 bits per heavy atom. The number of rotatable bonds is 4. The van der Waals surface area contributed by atoms with Gasteiger partial charge in [-0.15, -0.1) is 11.3 Å². The summed E-state index contributed by atoms with van der Waals surface area (Å²) in [6, 6.07) is 9.18. The number of aromatic nitrogens is 1. The van der Waals surface area contributed by atoms with Crippen LogP contribution in [-0.4, -0.2) is 37.1 Å². The summed E-state index contributed by atoms with van der Waals surface area (Å²) in [6.45, 7) is 6.99. The summed E-state index contributed by atoms with van der Waals surface area (Å²) in [5, 5.41) is 8.01. The van der Waals surface area contributed by atoms with Gasteiger partial charge in [0.1, 0.15) is 0 Å². The Hall–Kier alpha value is -2.08. The second-order valence-electron chi connectivity index (χ2n) is 6.18. The fourth-order valence-electron chi connectivity index (χ4n) is 2.91. The van der Waals surface area contributed by atoms with E-state index >= 15 is 0 Å². The maximum absolute atomic E-state index is 4.34. The van der Waals surface area contributed by atoms with Crippen molar-refractivity contribution in [2.24, 2.45) is 4.99 Å². The largest absolute Gasteiger partial charge is 0.369 e. The number of nitrogens with one attached hydrogen (secondary N) is 2. The number of thiazole rings is 1. The third kappa shape index (κ3) is 4.26. The molecule has 0 amide bonds. The minimum atomic E-state index is 0.417. The summed E-state index contributed by atoms with van der Waals surface area (Å²) in [4.78, 5) is 12.3. The van der Waals surface area contributed by atoms with Crippen molar-refractivity contribution in [3.8, 4) is 0 Å². The van der Waals surface area contributed by atoms with Crippen LogP contribution in [0, 0.1) is 13.8 Å². The van der Waals surface area contributed by atoms with E-state index in [1.807, 2.05) is 20.2 Å². The first-order valence-electron chi connectivity index (χ1n) is 8.34. The highest BCUT2D eigenvalue weighted by molar-refractivity contribution is 7.11. The normalized spacial score (nSPS) is 18.0. The van der Waals surface area contributed by atoms with Crippen LogP contribution in [-0.2, 0) is 6.54 Å². The molecule has 1 aliphatic heterocycles. The Bertz CT molecular complexity index is 692. The Morgan fingerprint density at radius 3 is 2.79 bits per heavy atom. The van der Waals surface area contributed by atoms with Gasteiger partial charge in [0, 0.05) is 42.9 Å². The van der Waals surface area contributed by atoms with Crippen molar-refractivity contribution >= 4 is 23.0 Å². The summed E-state index contributed by atoms with van der Waals surface area (Å²) >= 11 is 1.72. The maximum atomic E-state index is 4.34. The molecule has 1 saturated heterocycles. The molecule has 128 valence electrons. The molecule has 1 unspecified atom stereocenters. The molecule has 1 atom stereocenters. The fourth-order valence-corrected chi connectivity index (χ4v) is 3.65. The number of nitrogens with zero attached hydrogens (tertiary/aromatic N) is 3. The second-order valence-corrected chi connectivity index (χ2v) is 7.50. The zero-order valence-electron chi connectivity index (χ0n) is 14.5. The molecule has 0 saturated carbocycles. The van der Waals surface area contributed by atoms with Crippen LogP contribution in [0.4, 0.5) is 5.69 Å². The summed E-state index contributed by atoms with van der Waals surface area (Å²) in [6.07, 6.45) is 3.04. The van der Waals surface area contributed by atoms with Crippen LogP contribution in [0.1, 0.15) is 21.9 Å². The van der Waals surface area contributed by atoms with Crippen molar-refractivity contribution in [1.29, 1.82) is 0 Å². The van der Waals surface area contributed by atoms with Crippen molar-refractivity contribution in [2.45, 2.75) is 32.9 Å². The molecule has 1 aromatic heterocycles. The van der Waals surface area contributed by atoms with Gasteiger partial charge in [-0.3, -0.25) is 4.99 Å². The number of hydrogen-bond donors (Lipinski definition) is 2. The summed E-state index contributed by atoms with van der Waals surface area (Å²) < 4.78 is 0. The third-order valence-electron chi connectivity index (χ3n) is 4.25. The van der Waals surface area contributed by atoms with Crippen molar-refractivity contribution < 1.29 is 0 Å². The Balaban J connectivity index is 1.50. The number of aryl methyl sites for hydroxylation is 2. The van der Waals surface area contributed by atoms with Crippen LogP contribution in [0.3, 0.4) is 0 Å². The molecule has 2 N–H and O–H groups in total. The van der Waals surface area contributed by atoms with E-state index in [1.54, 1.807) is 11.3 Å². The highest BCUT2D eigenvalue weighted by Gasteiger charge is 2.23. The summed E-state index contributed by atoms with van der Waals surface area (Å²) in [5.74, 6) is 0.858. The zero-order valence-corrected chi connectivity index (χ0v) is 15.4. The van der Waals surface area contributed by atoms with E-state index < -0.39 is 0 Å². The predicted molar refractivity (Wildman–Crippen MR) is 102 cm³/mol. The number of benzene rings is 1. The number of hydrogen-bond acceptors (Lipinski definition) is 4. The van der Waals surface area contributed by atoms with Crippen molar-refractivity contribution in [1.82, 2.24) is 15.6 Å². The minimum absolute atomic E-state index is 0.417. The molecule has 0 spiro atoms. The molecular weight excluding hydrogens is 318 g/mol. The van der Waals surface area contributed by atoms with Crippen LogP contribution in [0.25, 0.3) is 0 Å². The van der Waals surface area contributed by atoms with Crippen molar-refractivity contribution in [2.75, 3.05) is 25.0 Å². The Labute approximate surface area is 147 Å². The number of anilines is 1. The van der Waals surface area contributed by atoms with Gasteiger partial charge in [0.2, 0.25) is 0 Å².